The molecule has 4 saturated carbocycles. The van der Waals surface area contributed by atoms with Gasteiger partial charge in [-0.15, -0.1) is 0 Å². The number of fused-ring (bicyclic) bond motifs is 4. The number of ether oxygens (including phenoxy) is 2. The molecule has 0 heterocycles. The highest BCUT2D eigenvalue weighted by molar-refractivity contribution is 5.78. The van der Waals surface area contributed by atoms with Crippen LogP contribution in [0.3, 0.4) is 0 Å². The predicted octanol–water partition coefficient (Wildman–Crippen LogP) is 3.73. The van der Waals surface area contributed by atoms with Crippen molar-refractivity contribution < 1.29 is 19.1 Å². The van der Waals surface area contributed by atoms with Gasteiger partial charge >= 0.3 is 11.9 Å². The molecule has 4 fully saturated rings. The lowest BCUT2D eigenvalue weighted by Gasteiger charge is -2.35. The molecule has 4 aliphatic carbocycles. The minimum atomic E-state index is -0.220. The first-order valence-corrected chi connectivity index (χ1v) is 10.2. The zero-order valence-electron chi connectivity index (χ0n) is 16.7. The first kappa shape index (κ1) is 19.7. The highest BCUT2D eigenvalue weighted by atomic mass is 16.5. The van der Waals surface area contributed by atoms with E-state index in [-0.39, 0.29) is 28.3 Å². The van der Waals surface area contributed by atoms with Gasteiger partial charge in [-0.1, -0.05) is 19.8 Å². The third-order valence-corrected chi connectivity index (χ3v) is 7.77. The second-order valence-electron chi connectivity index (χ2n) is 9.78. The van der Waals surface area contributed by atoms with Crippen LogP contribution >= 0.6 is 0 Å². The number of hydrogen-bond donors (Lipinski definition) is 1. The lowest BCUT2D eigenvalue weighted by Crippen LogP contribution is -2.43. The van der Waals surface area contributed by atoms with E-state index in [1.807, 2.05) is 0 Å². The third kappa shape index (κ3) is 3.39. The molecule has 5 nitrogen and oxygen atoms in total. The molecule has 0 radical (unpaired) electrons. The zero-order chi connectivity index (χ0) is 19.1. The Labute approximate surface area is 157 Å². The summed E-state index contributed by atoms with van der Waals surface area (Å²) in [4.78, 5) is 23.3. The van der Waals surface area contributed by atoms with Gasteiger partial charge in [0.25, 0.3) is 0 Å². The molecule has 4 rings (SSSR count). The van der Waals surface area contributed by atoms with Crippen LogP contribution in [-0.2, 0) is 19.1 Å². The fourth-order valence-electron chi connectivity index (χ4n) is 6.35. The number of rotatable bonds is 2. The maximum absolute atomic E-state index is 11.7. The summed E-state index contributed by atoms with van der Waals surface area (Å²) in [6.45, 7) is 2.32. The average Bonchev–Trinajstić information content (AvgIpc) is 3.03. The van der Waals surface area contributed by atoms with Crippen LogP contribution in [0.4, 0.5) is 0 Å². The second kappa shape index (κ2) is 6.81. The van der Waals surface area contributed by atoms with Crippen LogP contribution in [0.1, 0.15) is 84.0 Å². The molecule has 4 atom stereocenters. The van der Waals surface area contributed by atoms with Crippen LogP contribution in [-0.4, -0.2) is 31.7 Å². The van der Waals surface area contributed by atoms with Gasteiger partial charge in [0, 0.05) is 5.54 Å². The van der Waals surface area contributed by atoms with Gasteiger partial charge in [0.2, 0.25) is 0 Å². The van der Waals surface area contributed by atoms with Crippen molar-refractivity contribution in [3.63, 3.8) is 0 Å². The number of carbonyl (C=O) groups is 2. The summed E-state index contributed by atoms with van der Waals surface area (Å²) in [6, 6.07) is 0. The van der Waals surface area contributed by atoms with Gasteiger partial charge in [0.05, 0.1) is 25.0 Å². The summed E-state index contributed by atoms with van der Waals surface area (Å²) in [5.74, 6) is -0.00421. The number of carbonyl (C=O) groups excluding carboxylic acids is 2. The largest absolute Gasteiger partial charge is 0.469 e. The summed E-state index contributed by atoms with van der Waals surface area (Å²) < 4.78 is 9.78. The Kier molecular flexibility index (Phi) is 5.15. The molecule has 0 saturated heterocycles. The van der Waals surface area contributed by atoms with Crippen LogP contribution in [0.25, 0.3) is 0 Å². The van der Waals surface area contributed by atoms with Crippen molar-refractivity contribution >= 4 is 11.9 Å². The van der Waals surface area contributed by atoms with E-state index in [1.165, 1.54) is 33.5 Å². The van der Waals surface area contributed by atoms with Gasteiger partial charge in [-0.05, 0) is 69.6 Å². The molecule has 0 aromatic carbocycles. The van der Waals surface area contributed by atoms with E-state index in [1.54, 1.807) is 0 Å². The quantitative estimate of drug-likeness (QED) is 0.754. The van der Waals surface area contributed by atoms with Crippen molar-refractivity contribution in [2.45, 2.75) is 89.5 Å². The molecule has 0 aromatic rings. The van der Waals surface area contributed by atoms with Crippen LogP contribution in [0, 0.1) is 16.2 Å². The molecule has 5 heteroatoms. The van der Waals surface area contributed by atoms with Crippen LogP contribution in [0.15, 0.2) is 0 Å². The van der Waals surface area contributed by atoms with Gasteiger partial charge in [-0.2, -0.15) is 0 Å². The Hall–Kier alpha value is -1.10. The predicted molar refractivity (Wildman–Crippen MR) is 99.3 cm³/mol. The summed E-state index contributed by atoms with van der Waals surface area (Å²) >= 11 is 0. The van der Waals surface area contributed by atoms with Gasteiger partial charge in [-0.3, -0.25) is 9.59 Å². The van der Waals surface area contributed by atoms with Crippen molar-refractivity contribution in [2.75, 3.05) is 14.2 Å². The SMILES string of the molecule is COC(=O)C12CCCC(C)(CC1)C2.COC(=O)C12CCCC(N)(CC1)C2. The minimum absolute atomic E-state index is 0.0379. The van der Waals surface area contributed by atoms with Gasteiger partial charge in [0.15, 0.2) is 0 Å². The molecule has 148 valence electrons. The molecular formula is C21H35NO4. The molecule has 0 amide bonds. The van der Waals surface area contributed by atoms with Crippen molar-refractivity contribution in [3.8, 4) is 0 Å². The maximum atomic E-state index is 11.7. The molecule has 26 heavy (non-hydrogen) atoms. The molecule has 4 bridgehead atoms. The zero-order valence-corrected chi connectivity index (χ0v) is 16.7. The summed E-state index contributed by atoms with van der Waals surface area (Å²) in [7, 11) is 2.99. The van der Waals surface area contributed by atoms with Crippen molar-refractivity contribution in [3.05, 3.63) is 0 Å². The first-order chi connectivity index (χ1) is 12.2. The monoisotopic (exact) mass is 365 g/mol. The molecule has 2 N–H and O–H groups in total. The smallest absolute Gasteiger partial charge is 0.311 e. The van der Waals surface area contributed by atoms with Crippen molar-refractivity contribution in [2.24, 2.45) is 22.0 Å². The Bertz CT molecular complexity index is 528. The van der Waals surface area contributed by atoms with Crippen LogP contribution in [0.2, 0.25) is 0 Å². The van der Waals surface area contributed by atoms with E-state index in [4.69, 9.17) is 15.2 Å². The lowest BCUT2D eigenvalue weighted by atomic mass is 9.70. The summed E-state index contributed by atoms with van der Waals surface area (Å²) in [6.07, 6.45) is 12.7. The highest BCUT2D eigenvalue weighted by Gasteiger charge is 2.54. The Morgan fingerprint density at radius 1 is 0.731 bits per heavy atom. The topological polar surface area (TPSA) is 78.6 Å². The normalized spacial score (nSPS) is 43.2. The highest BCUT2D eigenvalue weighted by Crippen LogP contribution is 2.58. The molecule has 4 unspecified atom stereocenters. The third-order valence-electron chi connectivity index (χ3n) is 7.77. The number of hydrogen-bond acceptors (Lipinski definition) is 5. The Morgan fingerprint density at radius 2 is 1.27 bits per heavy atom. The van der Waals surface area contributed by atoms with Crippen LogP contribution < -0.4 is 5.73 Å². The van der Waals surface area contributed by atoms with E-state index >= 15 is 0 Å². The van der Waals surface area contributed by atoms with Gasteiger partial charge in [-0.25, -0.2) is 0 Å². The molecular weight excluding hydrogens is 330 g/mol. The van der Waals surface area contributed by atoms with Gasteiger partial charge < -0.3 is 15.2 Å². The number of esters is 2. The van der Waals surface area contributed by atoms with Crippen LogP contribution in [0.5, 0.6) is 0 Å². The molecule has 4 aliphatic rings. The average molecular weight is 366 g/mol. The first-order valence-electron chi connectivity index (χ1n) is 10.2. The van der Waals surface area contributed by atoms with E-state index in [0.717, 1.165) is 57.8 Å². The van der Waals surface area contributed by atoms with E-state index in [2.05, 4.69) is 6.92 Å². The maximum Gasteiger partial charge on any atom is 0.311 e. The molecule has 0 aliphatic heterocycles. The number of nitrogens with two attached hydrogens (primary N) is 1. The van der Waals surface area contributed by atoms with Gasteiger partial charge in [0.1, 0.15) is 0 Å². The fourth-order valence-corrected chi connectivity index (χ4v) is 6.35. The van der Waals surface area contributed by atoms with Crippen molar-refractivity contribution in [1.29, 1.82) is 0 Å². The molecule has 0 spiro atoms. The molecule has 0 aromatic heterocycles. The van der Waals surface area contributed by atoms with E-state index in [9.17, 15) is 9.59 Å². The summed E-state index contributed by atoms with van der Waals surface area (Å²) in [5.41, 5.74) is 6.23. The van der Waals surface area contributed by atoms with E-state index in [0.29, 0.717) is 5.41 Å². The summed E-state index contributed by atoms with van der Waals surface area (Å²) in [5, 5.41) is 0. The fraction of sp³-hybridized carbons (Fsp3) is 0.905. The Morgan fingerprint density at radius 3 is 1.88 bits per heavy atom. The van der Waals surface area contributed by atoms with E-state index < -0.39 is 0 Å². The lowest BCUT2D eigenvalue weighted by molar-refractivity contribution is -0.155. The Balaban J connectivity index is 0.000000151. The standard InChI is InChI=1S/C11H18O2.C10H17NO2/c1-10-4-3-5-11(8-10,7-6-10)9(12)13-2;1-13-8(12)9-3-2-4-10(11,7-9)6-5-9/h3-8H2,1-2H3;2-7,11H2,1H3. The van der Waals surface area contributed by atoms with Crippen molar-refractivity contribution in [1.82, 2.24) is 0 Å². The number of methoxy groups -OCH3 is 2. The second-order valence-corrected chi connectivity index (χ2v) is 9.78. The minimum Gasteiger partial charge on any atom is -0.469 e.